The molecule has 2 amide bonds. The van der Waals surface area contributed by atoms with Crippen LogP contribution in [0.15, 0.2) is 12.7 Å². The van der Waals surface area contributed by atoms with Gasteiger partial charge in [0.2, 0.25) is 11.8 Å². The Kier molecular flexibility index (Phi) is 6.05. The molecule has 0 spiro atoms. The maximum atomic E-state index is 12.0. The van der Waals surface area contributed by atoms with E-state index in [0.717, 1.165) is 0 Å². The van der Waals surface area contributed by atoms with Crippen LogP contribution in [0.4, 0.5) is 0 Å². The van der Waals surface area contributed by atoms with Crippen LogP contribution in [0.2, 0.25) is 0 Å². The van der Waals surface area contributed by atoms with Gasteiger partial charge in [0.1, 0.15) is 0 Å². The fourth-order valence-corrected chi connectivity index (χ4v) is 1.44. The first-order valence-corrected chi connectivity index (χ1v) is 6.04. The lowest BCUT2D eigenvalue weighted by molar-refractivity contribution is -0.141. The van der Waals surface area contributed by atoms with Gasteiger partial charge in [-0.05, 0) is 33.8 Å². The molecule has 0 aromatic carbocycles. The first-order valence-electron chi connectivity index (χ1n) is 6.04. The summed E-state index contributed by atoms with van der Waals surface area (Å²) in [5.74, 6) is -0.475. The average Bonchev–Trinajstić information content (AvgIpc) is 2.31. The van der Waals surface area contributed by atoms with Gasteiger partial charge in [0.25, 0.3) is 0 Å². The molecule has 5 heteroatoms. The molecule has 1 atom stereocenters. The summed E-state index contributed by atoms with van der Waals surface area (Å²) in [5, 5.41) is 9.86. The molecule has 104 valence electrons. The Balaban J connectivity index is 4.66. The van der Waals surface area contributed by atoms with E-state index in [4.69, 9.17) is 0 Å². The van der Waals surface area contributed by atoms with Gasteiger partial charge < -0.3 is 14.9 Å². The van der Waals surface area contributed by atoms with E-state index in [2.05, 4.69) is 6.58 Å². The molecule has 0 fully saturated rings. The second-order valence-corrected chi connectivity index (χ2v) is 4.89. The zero-order chi connectivity index (χ0) is 14.5. The number of likely N-dealkylation sites (N-methyl/N-ethyl adjacent to an activating group) is 2. The number of amides is 2. The van der Waals surface area contributed by atoms with E-state index < -0.39 is 5.60 Å². The van der Waals surface area contributed by atoms with Crippen molar-refractivity contribution >= 4 is 11.8 Å². The van der Waals surface area contributed by atoms with Crippen LogP contribution in [0, 0.1) is 0 Å². The van der Waals surface area contributed by atoms with Crippen molar-refractivity contribution in [2.45, 2.75) is 39.3 Å². The maximum Gasteiger partial charge on any atom is 0.246 e. The van der Waals surface area contributed by atoms with Crippen molar-refractivity contribution in [3.8, 4) is 0 Å². The van der Waals surface area contributed by atoms with Crippen molar-refractivity contribution in [1.29, 1.82) is 0 Å². The minimum absolute atomic E-state index is 0.00171. The summed E-state index contributed by atoms with van der Waals surface area (Å²) < 4.78 is 0. The van der Waals surface area contributed by atoms with E-state index in [9.17, 15) is 14.7 Å². The molecule has 0 saturated heterocycles. The Labute approximate surface area is 109 Å². The quantitative estimate of drug-likeness (QED) is 0.709. The lowest BCUT2D eigenvalue weighted by Gasteiger charge is -2.35. The summed E-state index contributed by atoms with van der Waals surface area (Å²) in [4.78, 5) is 26.3. The highest BCUT2D eigenvalue weighted by molar-refractivity contribution is 5.90. The monoisotopic (exact) mass is 256 g/mol. The molecule has 1 unspecified atom stereocenters. The van der Waals surface area contributed by atoms with Gasteiger partial charge in [0.15, 0.2) is 0 Å². The number of hydrogen-bond acceptors (Lipinski definition) is 3. The average molecular weight is 256 g/mol. The first-order chi connectivity index (χ1) is 8.15. The van der Waals surface area contributed by atoms with E-state index in [0.29, 0.717) is 6.54 Å². The van der Waals surface area contributed by atoms with Crippen LogP contribution < -0.4 is 0 Å². The van der Waals surface area contributed by atoms with Crippen LogP contribution >= 0.6 is 0 Å². The third kappa shape index (κ3) is 4.49. The Hall–Kier alpha value is -1.36. The Morgan fingerprint density at radius 3 is 2.28 bits per heavy atom. The smallest absolute Gasteiger partial charge is 0.246 e. The molecular weight excluding hydrogens is 232 g/mol. The predicted molar refractivity (Wildman–Crippen MR) is 71.0 cm³/mol. The minimum Gasteiger partial charge on any atom is -0.388 e. The molecule has 0 aromatic rings. The molecule has 18 heavy (non-hydrogen) atoms. The lowest BCUT2D eigenvalue weighted by Crippen LogP contribution is -2.51. The standard InChI is InChI=1S/C13H24N2O3/c1-7-11(16)15(8-2)9-12(17)14(6)10(3)13(4,5)18/h7,10,18H,1,8-9H2,2-6H3. The molecule has 1 N–H and O–H groups in total. The van der Waals surface area contributed by atoms with E-state index in [1.54, 1.807) is 34.7 Å². The number of nitrogens with zero attached hydrogens (tertiary/aromatic N) is 2. The first kappa shape index (κ1) is 16.6. The summed E-state index contributed by atoms with van der Waals surface area (Å²) in [6.45, 7) is 10.7. The summed E-state index contributed by atoms with van der Waals surface area (Å²) in [6.07, 6.45) is 1.19. The van der Waals surface area contributed by atoms with Crippen LogP contribution in [0.5, 0.6) is 0 Å². The highest BCUT2D eigenvalue weighted by atomic mass is 16.3. The van der Waals surface area contributed by atoms with Gasteiger partial charge in [-0.25, -0.2) is 0 Å². The molecule has 0 rings (SSSR count). The van der Waals surface area contributed by atoms with Crippen molar-refractivity contribution in [3.63, 3.8) is 0 Å². The number of hydrogen-bond donors (Lipinski definition) is 1. The molecular formula is C13H24N2O3. The van der Waals surface area contributed by atoms with Gasteiger partial charge in [-0.2, -0.15) is 0 Å². The third-order valence-electron chi connectivity index (χ3n) is 3.19. The molecule has 0 saturated carbocycles. The van der Waals surface area contributed by atoms with Gasteiger partial charge >= 0.3 is 0 Å². The molecule has 0 aliphatic carbocycles. The van der Waals surface area contributed by atoms with Crippen LogP contribution in [-0.2, 0) is 9.59 Å². The molecule has 0 aliphatic heterocycles. The van der Waals surface area contributed by atoms with E-state index in [1.807, 2.05) is 0 Å². The van der Waals surface area contributed by atoms with Gasteiger partial charge in [-0.1, -0.05) is 6.58 Å². The molecule has 0 bridgehead atoms. The second-order valence-electron chi connectivity index (χ2n) is 4.89. The van der Waals surface area contributed by atoms with Crippen LogP contribution in [0.25, 0.3) is 0 Å². The number of carbonyl (C=O) groups is 2. The molecule has 0 aromatic heterocycles. The highest BCUT2D eigenvalue weighted by Gasteiger charge is 2.29. The van der Waals surface area contributed by atoms with Crippen molar-refractivity contribution in [1.82, 2.24) is 9.80 Å². The largest absolute Gasteiger partial charge is 0.388 e. The fraction of sp³-hybridized carbons (Fsp3) is 0.692. The van der Waals surface area contributed by atoms with Crippen LogP contribution in [-0.4, -0.2) is 58.5 Å². The molecule has 0 heterocycles. The number of carbonyl (C=O) groups excluding carboxylic acids is 2. The van der Waals surface area contributed by atoms with Crippen LogP contribution in [0.3, 0.4) is 0 Å². The third-order valence-corrected chi connectivity index (χ3v) is 3.19. The Morgan fingerprint density at radius 1 is 1.44 bits per heavy atom. The second kappa shape index (κ2) is 6.54. The van der Waals surface area contributed by atoms with E-state index in [1.165, 1.54) is 15.9 Å². The maximum absolute atomic E-state index is 12.0. The lowest BCUT2D eigenvalue weighted by atomic mass is 9.99. The molecule has 5 nitrogen and oxygen atoms in total. The summed E-state index contributed by atoms with van der Waals surface area (Å²) in [7, 11) is 1.62. The van der Waals surface area contributed by atoms with Gasteiger partial charge in [0.05, 0.1) is 18.2 Å². The topological polar surface area (TPSA) is 60.9 Å². The zero-order valence-electron chi connectivity index (χ0n) is 11.9. The summed E-state index contributed by atoms with van der Waals surface area (Å²) >= 11 is 0. The SMILES string of the molecule is C=CC(=O)N(CC)CC(=O)N(C)C(C)C(C)(C)O. The van der Waals surface area contributed by atoms with Crippen molar-refractivity contribution in [3.05, 3.63) is 12.7 Å². The van der Waals surface area contributed by atoms with Gasteiger partial charge in [0, 0.05) is 13.6 Å². The van der Waals surface area contributed by atoms with Crippen LogP contribution in [0.1, 0.15) is 27.7 Å². The number of aliphatic hydroxyl groups is 1. The molecule has 0 aliphatic rings. The number of rotatable bonds is 6. The minimum atomic E-state index is -0.982. The summed E-state index contributed by atoms with van der Waals surface area (Å²) in [5.41, 5.74) is -0.982. The highest BCUT2D eigenvalue weighted by Crippen LogP contribution is 2.14. The Morgan fingerprint density at radius 2 is 1.94 bits per heavy atom. The predicted octanol–water partition coefficient (Wildman–Crippen LogP) is 0.639. The van der Waals surface area contributed by atoms with Gasteiger partial charge in [-0.3, -0.25) is 9.59 Å². The fourth-order valence-electron chi connectivity index (χ4n) is 1.44. The normalized spacial score (nSPS) is 12.8. The molecule has 0 radical (unpaired) electrons. The Bertz CT molecular complexity index is 321. The van der Waals surface area contributed by atoms with Crippen molar-refractivity contribution in [2.24, 2.45) is 0 Å². The van der Waals surface area contributed by atoms with E-state index >= 15 is 0 Å². The van der Waals surface area contributed by atoms with Crippen molar-refractivity contribution < 1.29 is 14.7 Å². The van der Waals surface area contributed by atoms with Crippen molar-refractivity contribution in [2.75, 3.05) is 20.1 Å². The van der Waals surface area contributed by atoms with E-state index in [-0.39, 0.29) is 24.4 Å². The van der Waals surface area contributed by atoms with Gasteiger partial charge in [-0.15, -0.1) is 0 Å². The zero-order valence-corrected chi connectivity index (χ0v) is 11.9. The summed E-state index contributed by atoms with van der Waals surface area (Å²) in [6, 6.07) is -0.331.